The fourth-order valence-electron chi connectivity index (χ4n) is 4.34. The molecule has 5 aromatic rings. The van der Waals surface area contributed by atoms with Gasteiger partial charge in [-0.1, -0.05) is 61.9 Å². The maximum absolute atomic E-state index is 12.0. The van der Waals surface area contributed by atoms with Gasteiger partial charge in [-0.05, 0) is 35.2 Å². The van der Waals surface area contributed by atoms with Crippen LogP contribution >= 0.6 is 0 Å². The number of carboxylic acid groups (broad SMARTS) is 1. The number of carbonyl (C=O) groups is 1. The van der Waals surface area contributed by atoms with Crippen molar-refractivity contribution in [2.24, 2.45) is 0 Å². The molecule has 0 aliphatic heterocycles. The molecule has 0 radical (unpaired) electrons. The number of imidazole rings is 1. The van der Waals surface area contributed by atoms with Gasteiger partial charge in [-0.25, -0.2) is 9.78 Å². The van der Waals surface area contributed by atoms with E-state index in [1.165, 1.54) is 6.20 Å². The predicted molar refractivity (Wildman–Crippen MR) is 132 cm³/mol. The zero-order chi connectivity index (χ0) is 24.4. The van der Waals surface area contributed by atoms with Gasteiger partial charge < -0.3 is 9.67 Å². The lowest BCUT2D eigenvalue weighted by Gasteiger charge is -2.12. The Morgan fingerprint density at radius 2 is 1.86 bits per heavy atom. The number of tetrazole rings is 1. The Morgan fingerprint density at radius 1 is 1.09 bits per heavy atom. The number of rotatable bonds is 8. The van der Waals surface area contributed by atoms with Gasteiger partial charge >= 0.3 is 5.97 Å². The molecule has 0 saturated heterocycles. The van der Waals surface area contributed by atoms with Crippen LogP contribution < -0.4 is 0 Å². The standard InChI is InChI=1S/C26H25N7O2/c1-3-4-9-22-28-23-16(2)27-14-21(26(34)35)24(23)33(22)15-17-10-12-18(13-11-17)19-7-5-6-8-20(19)25-29-31-32-30-25/h5-8,10-14H,3-4,9,15H2,1-2H3,(H,34,35)(H,29,30,31,32). The summed E-state index contributed by atoms with van der Waals surface area (Å²) in [5.41, 5.74) is 6.17. The molecule has 9 nitrogen and oxygen atoms in total. The van der Waals surface area contributed by atoms with Crippen LogP contribution in [0.15, 0.2) is 54.7 Å². The minimum atomic E-state index is -1.00. The molecule has 0 fully saturated rings. The molecule has 3 aromatic heterocycles. The minimum Gasteiger partial charge on any atom is -0.478 e. The summed E-state index contributed by atoms with van der Waals surface area (Å²) in [5.74, 6) is 0.423. The largest absolute Gasteiger partial charge is 0.478 e. The fourth-order valence-corrected chi connectivity index (χ4v) is 4.34. The summed E-state index contributed by atoms with van der Waals surface area (Å²) in [7, 11) is 0. The van der Waals surface area contributed by atoms with Crippen LogP contribution in [0.25, 0.3) is 33.5 Å². The van der Waals surface area contributed by atoms with E-state index in [4.69, 9.17) is 4.98 Å². The van der Waals surface area contributed by atoms with Gasteiger partial charge in [0, 0.05) is 24.7 Å². The summed E-state index contributed by atoms with van der Waals surface area (Å²) in [6, 6.07) is 16.2. The predicted octanol–water partition coefficient (Wildman–Crippen LogP) is 4.68. The van der Waals surface area contributed by atoms with Gasteiger partial charge in [-0.3, -0.25) is 4.98 Å². The number of H-pyrrole nitrogens is 1. The van der Waals surface area contributed by atoms with Gasteiger partial charge in [0.05, 0.1) is 11.2 Å². The molecule has 9 heteroatoms. The molecule has 0 amide bonds. The quantitative estimate of drug-likeness (QED) is 0.340. The third-order valence-electron chi connectivity index (χ3n) is 6.14. The zero-order valence-corrected chi connectivity index (χ0v) is 19.6. The van der Waals surface area contributed by atoms with Crippen LogP contribution in [0.4, 0.5) is 0 Å². The van der Waals surface area contributed by atoms with Gasteiger partial charge in [-0.15, -0.1) is 10.2 Å². The van der Waals surface area contributed by atoms with E-state index >= 15 is 0 Å². The lowest BCUT2D eigenvalue weighted by Crippen LogP contribution is -2.09. The van der Waals surface area contributed by atoms with Crippen LogP contribution in [-0.2, 0) is 13.0 Å². The van der Waals surface area contributed by atoms with Crippen LogP contribution in [-0.4, -0.2) is 46.2 Å². The normalized spacial score (nSPS) is 11.3. The summed E-state index contributed by atoms with van der Waals surface area (Å²) in [4.78, 5) is 21.1. The minimum absolute atomic E-state index is 0.173. The number of pyridine rings is 1. The van der Waals surface area contributed by atoms with E-state index in [0.29, 0.717) is 23.4 Å². The Kier molecular flexibility index (Phi) is 6.05. The number of unbranched alkanes of at least 4 members (excludes halogenated alkanes) is 1. The van der Waals surface area contributed by atoms with E-state index in [-0.39, 0.29) is 5.56 Å². The molecule has 2 N–H and O–H groups in total. The summed E-state index contributed by atoms with van der Waals surface area (Å²) >= 11 is 0. The molecule has 3 heterocycles. The zero-order valence-electron chi connectivity index (χ0n) is 19.6. The molecular weight excluding hydrogens is 442 g/mol. The lowest BCUT2D eigenvalue weighted by molar-refractivity contribution is 0.0698. The van der Waals surface area contributed by atoms with Crippen molar-refractivity contribution in [2.75, 3.05) is 0 Å². The number of nitrogens with zero attached hydrogens (tertiary/aromatic N) is 6. The summed E-state index contributed by atoms with van der Waals surface area (Å²) < 4.78 is 2.03. The first-order valence-electron chi connectivity index (χ1n) is 11.6. The molecule has 0 bridgehead atoms. The Morgan fingerprint density at radius 3 is 2.54 bits per heavy atom. The van der Waals surface area contributed by atoms with E-state index in [9.17, 15) is 9.90 Å². The summed E-state index contributed by atoms with van der Waals surface area (Å²) in [5, 5.41) is 24.2. The molecule has 176 valence electrons. The van der Waals surface area contributed by atoms with Gasteiger partial charge in [0.15, 0.2) is 0 Å². The summed E-state index contributed by atoms with van der Waals surface area (Å²) in [6.07, 6.45) is 4.21. The van der Waals surface area contributed by atoms with Crippen molar-refractivity contribution < 1.29 is 9.90 Å². The van der Waals surface area contributed by atoms with E-state index < -0.39 is 5.97 Å². The van der Waals surface area contributed by atoms with Gasteiger partial charge in [-0.2, -0.15) is 5.21 Å². The van der Waals surface area contributed by atoms with Crippen molar-refractivity contribution in [3.63, 3.8) is 0 Å². The number of aromatic nitrogens is 7. The third kappa shape index (κ3) is 4.28. The van der Waals surface area contributed by atoms with Crippen molar-refractivity contribution >= 4 is 17.0 Å². The average Bonchev–Trinajstić information content (AvgIpc) is 3.53. The molecule has 35 heavy (non-hydrogen) atoms. The Bertz CT molecular complexity index is 1490. The fraction of sp³-hybridized carbons (Fsp3) is 0.231. The van der Waals surface area contributed by atoms with E-state index in [0.717, 1.165) is 53.0 Å². The summed E-state index contributed by atoms with van der Waals surface area (Å²) in [6.45, 7) is 4.52. The number of fused-ring (bicyclic) bond motifs is 1. The second-order valence-electron chi connectivity index (χ2n) is 8.46. The Balaban J connectivity index is 1.54. The van der Waals surface area contributed by atoms with E-state index in [1.807, 2.05) is 35.8 Å². The highest BCUT2D eigenvalue weighted by Crippen LogP contribution is 2.30. The Hall–Kier alpha value is -4.40. The molecule has 5 rings (SSSR count). The molecular formula is C26H25N7O2. The SMILES string of the molecule is CCCCc1nc2c(C)ncc(C(=O)O)c2n1Cc1ccc(-c2ccccc2-c2nn[nH]n2)cc1. The number of hydrogen-bond acceptors (Lipinski definition) is 6. The molecule has 2 aromatic carbocycles. The average molecular weight is 468 g/mol. The number of carboxylic acids is 1. The smallest absolute Gasteiger partial charge is 0.339 e. The van der Waals surface area contributed by atoms with Crippen LogP contribution in [0.5, 0.6) is 0 Å². The second kappa shape index (κ2) is 9.46. The molecule has 0 saturated carbocycles. The molecule has 0 spiro atoms. The van der Waals surface area contributed by atoms with Crippen molar-refractivity contribution in [3.05, 3.63) is 77.4 Å². The van der Waals surface area contributed by atoms with Crippen molar-refractivity contribution in [1.82, 2.24) is 35.2 Å². The number of benzene rings is 2. The number of nitrogens with one attached hydrogen (secondary N) is 1. The van der Waals surface area contributed by atoms with Crippen LogP contribution in [0.3, 0.4) is 0 Å². The molecule has 0 aliphatic rings. The van der Waals surface area contributed by atoms with Crippen LogP contribution in [0, 0.1) is 6.92 Å². The second-order valence-corrected chi connectivity index (χ2v) is 8.46. The van der Waals surface area contributed by atoms with Crippen molar-refractivity contribution in [1.29, 1.82) is 0 Å². The topological polar surface area (TPSA) is 122 Å². The maximum Gasteiger partial charge on any atom is 0.339 e. The van der Waals surface area contributed by atoms with E-state index in [2.05, 4.69) is 56.8 Å². The van der Waals surface area contributed by atoms with E-state index in [1.54, 1.807) is 0 Å². The lowest BCUT2D eigenvalue weighted by atomic mass is 9.98. The number of aromatic amines is 1. The first kappa shape index (κ1) is 22.4. The van der Waals surface area contributed by atoms with Crippen LogP contribution in [0.2, 0.25) is 0 Å². The third-order valence-corrected chi connectivity index (χ3v) is 6.14. The van der Waals surface area contributed by atoms with Crippen molar-refractivity contribution in [2.45, 2.75) is 39.7 Å². The highest BCUT2D eigenvalue weighted by Gasteiger charge is 2.20. The molecule has 0 atom stereocenters. The van der Waals surface area contributed by atoms with Gasteiger partial charge in [0.25, 0.3) is 0 Å². The molecule has 0 unspecified atom stereocenters. The first-order valence-corrected chi connectivity index (χ1v) is 11.6. The number of aryl methyl sites for hydroxylation is 2. The first-order chi connectivity index (χ1) is 17.1. The highest BCUT2D eigenvalue weighted by atomic mass is 16.4. The Labute approximate surface area is 201 Å². The monoisotopic (exact) mass is 467 g/mol. The maximum atomic E-state index is 12.0. The molecule has 0 aliphatic carbocycles. The highest BCUT2D eigenvalue weighted by molar-refractivity contribution is 6.01. The van der Waals surface area contributed by atoms with Gasteiger partial charge in [0.1, 0.15) is 16.9 Å². The number of hydrogen-bond donors (Lipinski definition) is 2. The van der Waals surface area contributed by atoms with Gasteiger partial charge in [0.2, 0.25) is 5.82 Å². The van der Waals surface area contributed by atoms with Crippen molar-refractivity contribution in [3.8, 4) is 22.5 Å². The number of aromatic carboxylic acids is 1. The van der Waals surface area contributed by atoms with Crippen LogP contribution in [0.1, 0.15) is 47.2 Å².